The first-order valence-electron chi connectivity index (χ1n) is 9.33. The average Bonchev–Trinajstić information content (AvgIpc) is 3.33. The van der Waals surface area contributed by atoms with Gasteiger partial charge in [-0.25, -0.2) is 4.79 Å². The van der Waals surface area contributed by atoms with E-state index < -0.39 is 5.97 Å². The lowest BCUT2D eigenvalue weighted by Crippen LogP contribution is -2.21. The zero-order valence-corrected chi connectivity index (χ0v) is 15.6. The molecule has 2 aromatic carbocycles. The molecule has 0 aromatic heterocycles. The van der Waals surface area contributed by atoms with Crippen molar-refractivity contribution in [2.24, 2.45) is 5.10 Å². The summed E-state index contributed by atoms with van der Waals surface area (Å²) in [5.74, 6) is -1.22. The summed E-state index contributed by atoms with van der Waals surface area (Å²) in [4.78, 5) is 26.2. The van der Waals surface area contributed by atoms with Crippen molar-refractivity contribution in [3.8, 4) is 0 Å². The predicted molar refractivity (Wildman–Crippen MR) is 110 cm³/mol. The predicted octanol–water partition coefficient (Wildman–Crippen LogP) is 3.79. The third-order valence-electron chi connectivity index (χ3n) is 5.10. The molecule has 2 aromatic rings. The average molecular weight is 375 g/mol. The Bertz CT molecular complexity index is 969. The highest BCUT2D eigenvalue weighted by Crippen LogP contribution is 2.26. The third-order valence-corrected chi connectivity index (χ3v) is 5.10. The highest BCUT2D eigenvalue weighted by Gasteiger charge is 2.28. The minimum atomic E-state index is -1.00. The van der Waals surface area contributed by atoms with Crippen LogP contribution in [0.1, 0.15) is 35.7 Å². The number of anilines is 2. The third kappa shape index (κ3) is 3.41. The summed E-state index contributed by atoms with van der Waals surface area (Å²) in [6.45, 7) is 3.99. The number of hydrogen-bond acceptors (Lipinski definition) is 4. The first-order valence-corrected chi connectivity index (χ1v) is 9.33. The largest absolute Gasteiger partial charge is 0.478 e. The van der Waals surface area contributed by atoms with Gasteiger partial charge in [0.15, 0.2) is 0 Å². The zero-order chi connectivity index (χ0) is 19.7. The van der Waals surface area contributed by atoms with E-state index in [4.69, 9.17) is 5.11 Å². The molecule has 142 valence electrons. The number of carboxylic acid groups (broad SMARTS) is 1. The quantitative estimate of drug-likeness (QED) is 0.825. The van der Waals surface area contributed by atoms with Crippen molar-refractivity contribution in [2.75, 3.05) is 23.0 Å². The van der Waals surface area contributed by atoms with Crippen molar-refractivity contribution in [1.82, 2.24) is 0 Å². The Hall–Kier alpha value is -3.41. The van der Waals surface area contributed by atoms with Gasteiger partial charge in [0.05, 0.1) is 22.5 Å². The number of nitrogens with zero attached hydrogens (tertiary/aromatic N) is 3. The van der Waals surface area contributed by atoms with Crippen LogP contribution in [0.3, 0.4) is 0 Å². The number of rotatable bonds is 4. The molecular formula is C22H21N3O3. The number of amides is 1. The lowest BCUT2D eigenvalue weighted by atomic mass is 10.1. The van der Waals surface area contributed by atoms with Gasteiger partial charge in [-0.15, -0.1) is 0 Å². The molecule has 0 spiro atoms. The van der Waals surface area contributed by atoms with Gasteiger partial charge in [-0.1, -0.05) is 12.1 Å². The van der Waals surface area contributed by atoms with Gasteiger partial charge in [-0.05, 0) is 67.8 Å². The molecule has 6 nitrogen and oxygen atoms in total. The zero-order valence-electron chi connectivity index (χ0n) is 15.6. The van der Waals surface area contributed by atoms with E-state index in [0.717, 1.165) is 18.7 Å². The molecule has 28 heavy (non-hydrogen) atoms. The van der Waals surface area contributed by atoms with Gasteiger partial charge in [-0.3, -0.25) is 4.79 Å². The van der Waals surface area contributed by atoms with Crippen molar-refractivity contribution < 1.29 is 14.7 Å². The molecule has 2 aliphatic rings. The molecule has 0 unspecified atom stereocenters. The highest BCUT2D eigenvalue weighted by atomic mass is 16.4. The van der Waals surface area contributed by atoms with Crippen LogP contribution in [0.5, 0.6) is 0 Å². The Balaban J connectivity index is 1.54. The molecule has 1 amide bonds. The van der Waals surface area contributed by atoms with Crippen molar-refractivity contribution in [3.05, 3.63) is 65.2 Å². The standard InChI is InChI=1S/C22H21N3O3/c1-15-20(14-16-4-8-18(9-5-16)24-12-2-3-13-24)21(26)25(23-15)19-10-6-17(7-11-19)22(27)28/h4-11,14H,2-3,12-13H2,1H3,(H,27,28)/b20-14-. The maximum absolute atomic E-state index is 12.8. The minimum Gasteiger partial charge on any atom is -0.478 e. The second-order valence-electron chi connectivity index (χ2n) is 7.00. The van der Waals surface area contributed by atoms with E-state index in [2.05, 4.69) is 22.1 Å². The SMILES string of the molecule is CC1=NN(c2ccc(C(=O)O)cc2)C(=O)/C1=C\c1ccc(N2CCCC2)cc1. The van der Waals surface area contributed by atoms with E-state index in [1.807, 2.05) is 18.2 Å². The van der Waals surface area contributed by atoms with Gasteiger partial charge < -0.3 is 10.0 Å². The second kappa shape index (κ2) is 7.31. The van der Waals surface area contributed by atoms with Crippen LogP contribution >= 0.6 is 0 Å². The van der Waals surface area contributed by atoms with Crippen LogP contribution < -0.4 is 9.91 Å². The van der Waals surface area contributed by atoms with Gasteiger partial charge in [-0.2, -0.15) is 10.1 Å². The van der Waals surface area contributed by atoms with Crippen molar-refractivity contribution in [3.63, 3.8) is 0 Å². The fourth-order valence-corrected chi connectivity index (χ4v) is 3.53. The van der Waals surface area contributed by atoms with Gasteiger partial charge in [0.2, 0.25) is 0 Å². The van der Waals surface area contributed by atoms with Gasteiger partial charge in [0, 0.05) is 18.8 Å². The van der Waals surface area contributed by atoms with Gasteiger partial charge in [0.1, 0.15) is 0 Å². The van der Waals surface area contributed by atoms with Gasteiger partial charge in [0.25, 0.3) is 5.91 Å². The number of carbonyl (C=O) groups is 2. The summed E-state index contributed by atoms with van der Waals surface area (Å²) in [7, 11) is 0. The maximum Gasteiger partial charge on any atom is 0.335 e. The van der Waals surface area contributed by atoms with E-state index in [1.165, 1.54) is 35.7 Å². The summed E-state index contributed by atoms with van der Waals surface area (Å²) in [6.07, 6.45) is 4.32. The Labute approximate surface area is 163 Å². The molecule has 1 saturated heterocycles. The molecule has 0 radical (unpaired) electrons. The van der Waals surface area contributed by atoms with E-state index in [0.29, 0.717) is 17.0 Å². The molecule has 2 aliphatic heterocycles. The van der Waals surface area contributed by atoms with E-state index >= 15 is 0 Å². The summed E-state index contributed by atoms with van der Waals surface area (Å²) in [5, 5.41) is 14.7. The van der Waals surface area contributed by atoms with Gasteiger partial charge >= 0.3 is 5.97 Å². The Kier molecular flexibility index (Phi) is 4.69. The summed E-state index contributed by atoms with van der Waals surface area (Å²) in [6, 6.07) is 14.3. The van der Waals surface area contributed by atoms with Crippen LogP contribution in [-0.4, -0.2) is 35.8 Å². The van der Waals surface area contributed by atoms with Crippen LogP contribution in [0.4, 0.5) is 11.4 Å². The number of hydrazone groups is 1. The minimum absolute atomic E-state index is 0.171. The number of carbonyl (C=O) groups excluding carboxylic acids is 1. The number of hydrogen-bond donors (Lipinski definition) is 1. The fourth-order valence-electron chi connectivity index (χ4n) is 3.53. The fraction of sp³-hybridized carbons (Fsp3) is 0.227. The molecule has 6 heteroatoms. The van der Waals surface area contributed by atoms with Crippen molar-refractivity contribution in [2.45, 2.75) is 19.8 Å². The monoisotopic (exact) mass is 375 g/mol. The summed E-state index contributed by atoms with van der Waals surface area (Å²) < 4.78 is 0. The first kappa shape index (κ1) is 18.0. The number of benzene rings is 2. The second-order valence-corrected chi connectivity index (χ2v) is 7.00. The molecule has 4 rings (SSSR count). The molecule has 1 N–H and O–H groups in total. The van der Waals surface area contributed by atoms with Crippen LogP contribution in [0.2, 0.25) is 0 Å². The molecule has 1 fully saturated rings. The Morgan fingerprint density at radius 3 is 2.21 bits per heavy atom. The normalized spacial score (nSPS) is 18.1. The number of carboxylic acids is 1. The molecule has 0 bridgehead atoms. The smallest absolute Gasteiger partial charge is 0.335 e. The van der Waals surface area contributed by atoms with E-state index in [9.17, 15) is 9.59 Å². The highest BCUT2D eigenvalue weighted by molar-refractivity contribution is 6.32. The maximum atomic E-state index is 12.8. The Morgan fingerprint density at radius 2 is 1.61 bits per heavy atom. The lowest BCUT2D eigenvalue weighted by molar-refractivity contribution is -0.114. The van der Waals surface area contributed by atoms with Crippen molar-refractivity contribution in [1.29, 1.82) is 0 Å². The Morgan fingerprint density at radius 1 is 1.00 bits per heavy atom. The van der Waals surface area contributed by atoms with Crippen LogP contribution in [0.25, 0.3) is 6.08 Å². The first-order chi connectivity index (χ1) is 13.5. The van der Waals surface area contributed by atoms with E-state index in [1.54, 1.807) is 19.1 Å². The van der Waals surface area contributed by atoms with Crippen LogP contribution in [-0.2, 0) is 4.79 Å². The van der Waals surface area contributed by atoms with Crippen molar-refractivity contribution >= 4 is 35.0 Å². The summed E-state index contributed by atoms with van der Waals surface area (Å²) >= 11 is 0. The molecule has 2 heterocycles. The topological polar surface area (TPSA) is 73.2 Å². The lowest BCUT2D eigenvalue weighted by Gasteiger charge is -2.17. The number of aromatic carboxylic acids is 1. The summed E-state index contributed by atoms with van der Waals surface area (Å²) in [5.41, 5.74) is 4.05. The molecule has 0 aliphatic carbocycles. The molecule has 0 atom stereocenters. The molecular weight excluding hydrogens is 354 g/mol. The van der Waals surface area contributed by atoms with E-state index in [-0.39, 0.29) is 11.5 Å². The molecule has 0 saturated carbocycles. The van der Waals surface area contributed by atoms with Crippen LogP contribution in [0, 0.1) is 0 Å². The van der Waals surface area contributed by atoms with Crippen LogP contribution in [0.15, 0.2) is 59.2 Å².